The van der Waals surface area contributed by atoms with Gasteiger partial charge in [0, 0.05) is 30.9 Å². The minimum atomic E-state index is -0.283. The third kappa shape index (κ3) is 2.87. The number of nitrogens with one attached hydrogen (secondary N) is 2. The topological polar surface area (TPSA) is 125 Å². The van der Waals surface area contributed by atoms with Gasteiger partial charge in [-0.15, -0.1) is 0 Å². The molecule has 0 radical (unpaired) electrons. The number of carbonyl (C=O) groups excluding carboxylic acids is 1. The molecule has 4 aromatic rings. The fraction of sp³-hybridized carbons (Fsp3) is 0.0588. The molecular formula is C17H12N8O. The first-order valence-corrected chi connectivity index (χ1v) is 7.63. The Morgan fingerprint density at radius 2 is 2.08 bits per heavy atom. The molecular weight excluding hydrogens is 332 g/mol. The van der Waals surface area contributed by atoms with Crippen LogP contribution in [0.4, 0.5) is 5.82 Å². The van der Waals surface area contributed by atoms with E-state index in [4.69, 9.17) is 5.26 Å². The second kappa shape index (κ2) is 6.10. The summed E-state index contributed by atoms with van der Waals surface area (Å²) in [6.45, 7) is 0. The van der Waals surface area contributed by atoms with Gasteiger partial charge in [-0.3, -0.25) is 14.5 Å². The summed E-state index contributed by atoms with van der Waals surface area (Å²) in [5.74, 6) is 0.139. The van der Waals surface area contributed by atoms with E-state index >= 15 is 0 Å². The minimum Gasteiger partial charge on any atom is -0.353 e. The fourth-order valence-electron chi connectivity index (χ4n) is 2.48. The zero-order valence-corrected chi connectivity index (χ0v) is 13.6. The predicted octanol–water partition coefficient (Wildman–Crippen LogP) is 1.88. The first-order valence-electron chi connectivity index (χ1n) is 7.63. The Labute approximate surface area is 147 Å². The van der Waals surface area contributed by atoms with Crippen LogP contribution >= 0.6 is 0 Å². The molecule has 9 nitrogen and oxygen atoms in total. The van der Waals surface area contributed by atoms with E-state index in [1.165, 1.54) is 18.6 Å². The van der Waals surface area contributed by atoms with E-state index in [2.05, 4.69) is 30.4 Å². The first kappa shape index (κ1) is 15.5. The highest BCUT2D eigenvalue weighted by molar-refractivity contribution is 6.04. The lowest BCUT2D eigenvalue weighted by Crippen LogP contribution is -2.12. The SMILES string of the molecule is Cn1cc(C(=O)Nc2cc3[nH]c(-c4cnc(C#N)cn4)cc3cn2)cn1. The van der Waals surface area contributed by atoms with Gasteiger partial charge in [-0.25, -0.2) is 9.97 Å². The van der Waals surface area contributed by atoms with Gasteiger partial charge in [0.15, 0.2) is 5.69 Å². The molecule has 0 unspecified atom stereocenters. The van der Waals surface area contributed by atoms with Crippen LogP contribution in [0.3, 0.4) is 0 Å². The number of aromatic amines is 1. The van der Waals surface area contributed by atoms with Gasteiger partial charge in [-0.2, -0.15) is 10.4 Å². The Bertz CT molecular complexity index is 1150. The molecule has 0 saturated carbocycles. The molecule has 0 aliphatic carbocycles. The number of nitriles is 1. The maximum atomic E-state index is 12.2. The normalized spacial score (nSPS) is 10.6. The van der Waals surface area contributed by atoms with E-state index in [0.29, 0.717) is 17.1 Å². The molecule has 2 N–H and O–H groups in total. The molecule has 0 aromatic carbocycles. The summed E-state index contributed by atoms with van der Waals surface area (Å²) >= 11 is 0. The molecule has 4 rings (SSSR count). The van der Waals surface area contributed by atoms with Crippen LogP contribution in [0.1, 0.15) is 16.1 Å². The lowest BCUT2D eigenvalue weighted by Gasteiger charge is -2.02. The number of carbonyl (C=O) groups is 1. The van der Waals surface area contributed by atoms with Crippen molar-refractivity contribution in [3.05, 3.63) is 54.4 Å². The van der Waals surface area contributed by atoms with Crippen molar-refractivity contribution in [3.63, 3.8) is 0 Å². The number of aromatic nitrogens is 6. The highest BCUT2D eigenvalue weighted by Crippen LogP contribution is 2.23. The standard InChI is InChI=1S/C17H12N8O/c1-25-9-11(6-22-25)17(26)24-16-3-13-10(5-21-16)2-14(23-13)15-8-19-12(4-18)7-20-15/h2-3,5-9,23H,1H3,(H,21,24,26). The van der Waals surface area contributed by atoms with E-state index in [-0.39, 0.29) is 11.6 Å². The Kier molecular flexibility index (Phi) is 3.63. The van der Waals surface area contributed by atoms with Crippen molar-refractivity contribution in [2.24, 2.45) is 7.05 Å². The molecule has 0 atom stereocenters. The number of anilines is 1. The Morgan fingerprint density at radius 1 is 1.19 bits per heavy atom. The summed E-state index contributed by atoms with van der Waals surface area (Å²) in [6, 6.07) is 5.55. The number of nitrogens with zero attached hydrogens (tertiary/aromatic N) is 6. The summed E-state index contributed by atoms with van der Waals surface area (Å²) in [4.78, 5) is 27.9. The fourth-order valence-corrected chi connectivity index (χ4v) is 2.48. The second-order valence-electron chi connectivity index (χ2n) is 5.60. The second-order valence-corrected chi connectivity index (χ2v) is 5.60. The molecule has 1 amide bonds. The molecule has 0 saturated heterocycles. The molecule has 4 heterocycles. The molecule has 0 aliphatic rings. The lowest BCUT2D eigenvalue weighted by atomic mass is 10.3. The summed E-state index contributed by atoms with van der Waals surface area (Å²) < 4.78 is 1.56. The maximum absolute atomic E-state index is 12.2. The van der Waals surface area contributed by atoms with Crippen molar-refractivity contribution >= 4 is 22.6 Å². The van der Waals surface area contributed by atoms with Gasteiger partial charge in [-0.05, 0) is 6.07 Å². The quantitative estimate of drug-likeness (QED) is 0.584. The van der Waals surface area contributed by atoms with Gasteiger partial charge in [0.2, 0.25) is 0 Å². The first-order chi connectivity index (χ1) is 12.6. The number of amides is 1. The van der Waals surface area contributed by atoms with Crippen molar-refractivity contribution in [1.29, 1.82) is 5.26 Å². The molecule has 26 heavy (non-hydrogen) atoms. The summed E-state index contributed by atoms with van der Waals surface area (Å²) in [6.07, 6.45) is 7.72. The van der Waals surface area contributed by atoms with Gasteiger partial charge in [-0.1, -0.05) is 0 Å². The van der Waals surface area contributed by atoms with Crippen molar-refractivity contribution < 1.29 is 4.79 Å². The molecule has 4 aromatic heterocycles. The van der Waals surface area contributed by atoms with Crippen molar-refractivity contribution in [3.8, 4) is 17.5 Å². The Morgan fingerprint density at radius 3 is 2.77 bits per heavy atom. The number of hydrogen-bond donors (Lipinski definition) is 2. The molecule has 0 fully saturated rings. The maximum Gasteiger partial charge on any atom is 0.260 e. The van der Waals surface area contributed by atoms with Crippen LogP contribution in [-0.2, 0) is 7.05 Å². The highest BCUT2D eigenvalue weighted by atomic mass is 16.1. The number of H-pyrrole nitrogens is 1. The van der Waals surface area contributed by atoms with Gasteiger partial charge in [0.25, 0.3) is 5.91 Å². The van der Waals surface area contributed by atoms with Crippen molar-refractivity contribution in [2.75, 3.05) is 5.32 Å². The summed E-state index contributed by atoms with van der Waals surface area (Å²) in [7, 11) is 1.74. The largest absolute Gasteiger partial charge is 0.353 e. The van der Waals surface area contributed by atoms with E-state index in [0.717, 1.165) is 16.6 Å². The van der Waals surface area contributed by atoms with E-state index < -0.39 is 0 Å². The van der Waals surface area contributed by atoms with Gasteiger partial charge in [0.05, 0.1) is 35.4 Å². The molecule has 0 aliphatic heterocycles. The van der Waals surface area contributed by atoms with Crippen molar-refractivity contribution in [1.82, 2.24) is 29.7 Å². The lowest BCUT2D eigenvalue weighted by molar-refractivity contribution is 0.102. The van der Waals surface area contributed by atoms with E-state index in [1.807, 2.05) is 12.1 Å². The zero-order valence-electron chi connectivity index (χ0n) is 13.6. The Hall–Kier alpha value is -4.06. The predicted molar refractivity (Wildman–Crippen MR) is 93.0 cm³/mol. The van der Waals surface area contributed by atoms with Crippen LogP contribution in [0.2, 0.25) is 0 Å². The van der Waals surface area contributed by atoms with Crippen LogP contribution in [0, 0.1) is 11.3 Å². The monoisotopic (exact) mass is 344 g/mol. The highest BCUT2D eigenvalue weighted by Gasteiger charge is 2.11. The van der Waals surface area contributed by atoms with Crippen LogP contribution < -0.4 is 5.32 Å². The number of pyridine rings is 1. The Balaban J connectivity index is 1.61. The smallest absolute Gasteiger partial charge is 0.260 e. The molecule has 0 bridgehead atoms. The zero-order chi connectivity index (χ0) is 18.1. The number of aryl methyl sites for hydroxylation is 1. The van der Waals surface area contributed by atoms with Crippen molar-refractivity contribution in [2.45, 2.75) is 0 Å². The van der Waals surface area contributed by atoms with Crippen LogP contribution in [-0.4, -0.2) is 35.6 Å². The average Bonchev–Trinajstić information content (AvgIpc) is 3.27. The van der Waals surface area contributed by atoms with Crippen LogP contribution in [0.25, 0.3) is 22.3 Å². The number of hydrogen-bond acceptors (Lipinski definition) is 6. The third-order valence-corrected chi connectivity index (χ3v) is 3.75. The summed E-state index contributed by atoms with van der Waals surface area (Å²) in [5, 5.41) is 16.4. The molecule has 0 spiro atoms. The van der Waals surface area contributed by atoms with E-state index in [1.54, 1.807) is 30.2 Å². The summed E-state index contributed by atoms with van der Waals surface area (Å²) in [5.41, 5.74) is 2.86. The van der Waals surface area contributed by atoms with Crippen LogP contribution in [0.5, 0.6) is 0 Å². The minimum absolute atomic E-state index is 0.256. The van der Waals surface area contributed by atoms with E-state index in [9.17, 15) is 4.79 Å². The van der Waals surface area contributed by atoms with Gasteiger partial charge in [0.1, 0.15) is 17.6 Å². The number of fused-ring (bicyclic) bond motifs is 1. The third-order valence-electron chi connectivity index (χ3n) is 3.75. The molecule has 9 heteroatoms. The molecule has 126 valence electrons. The van der Waals surface area contributed by atoms with Crippen LogP contribution in [0.15, 0.2) is 43.1 Å². The number of rotatable bonds is 3. The van der Waals surface area contributed by atoms with Gasteiger partial charge < -0.3 is 10.3 Å². The van der Waals surface area contributed by atoms with Gasteiger partial charge >= 0.3 is 0 Å². The average molecular weight is 344 g/mol.